The van der Waals surface area contributed by atoms with Crippen molar-refractivity contribution in [2.45, 2.75) is 32.2 Å². The second kappa shape index (κ2) is 7.51. The number of likely N-dealkylation sites (tertiary alicyclic amines) is 1. The molecule has 1 saturated heterocycles. The van der Waals surface area contributed by atoms with Gasteiger partial charge in [0.15, 0.2) is 0 Å². The summed E-state index contributed by atoms with van der Waals surface area (Å²) in [6.07, 6.45) is 0.996. The van der Waals surface area contributed by atoms with E-state index in [1.165, 1.54) is 23.3 Å². The van der Waals surface area contributed by atoms with Gasteiger partial charge >= 0.3 is 0 Å². The molecule has 1 amide bonds. The quantitative estimate of drug-likeness (QED) is 0.466. The van der Waals surface area contributed by atoms with Crippen LogP contribution in [0.4, 0.5) is 10.1 Å². The first-order valence-electron chi connectivity index (χ1n) is 9.45. The smallest absolute Gasteiger partial charge is 0.258 e. The van der Waals surface area contributed by atoms with Gasteiger partial charge in [-0.3, -0.25) is 4.79 Å². The number of anilines is 1. The summed E-state index contributed by atoms with van der Waals surface area (Å²) in [4.78, 5) is 15.3. The number of piperidine rings is 1. The van der Waals surface area contributed by atoms with Crippen LogP contribution in [0.25, 0.3) is 0 Å². The minimum Gasteiger partial charge on any atom is -1.00 e. The van der Waals surface area contributed by atoms with E-state index in [2.05, 4.69) is 39.1 Å². The van der Waals surface area contributed by atoms with Crippen molar-refractivity contribution in [3.05, 3.63) is 65.0 Å². The monoisotopic (exact) mass is 480 g/mol. The molecule has 2 heterocycles. The van der Waals surface area contributed by atoms with Gasteiger partial charge in [0.05, 0.1) is 38.6 Å². The molecule has 3 nitrogen and oxygen atoms in total. The zero-order chi connectivity index (χ0) is 18.5. The topological polar surface area (TPSA) is 20.3 Å². The molecule has 2 aliphatic rings. The molecule has 2 aliphatic heterocycles. The number of nitrogens with zero attached hydrogens (tertiary/aromatic N) is 2. The summed E-state index contributed by atoms with van der Waals surface area (Å²) in [6, 6.07) is 12.5. The molecular formula is C22H26FIN2O. The Morgan fingerprint density at radius 1 is 1.22 bits per heavy atom. The van der Waals surface area contributed by atoms with Crippen LogP contribution in [0.15, 0.2) is 42.5 Å². The Labute approximate surface area is 177 Å². The summed E-state index contributed by atoms with van der Waals surface area (Å²) in [6.45, 7) is 7.60. The highest BCUT2D eigenvalue weighted by molar-refractivity contribution is 6.08. The number of likely N-dealkylation sites (N-methyl/N-ethyl adjacent to an activating group) is 1. The maximum atomic E-state index is 13.3. The van der Waals surface area contributed by atoms with Gasteiger partial charge < -0.3 is 33.4 Å². The largest absolute Gasteiger partial charge is 1.00 e. The lowest BCUT2D eigenvalue weighted by molar-refractivity contribution is -0.913. The van der Waals surface area contributed by atoms with Crippen LogP contribution in [0.5, 0.6) is 0 Å². The van der Waals surface area contributed by atoms with Crippen molar-refractivity contribution in [2.24, 2.45) is 0 Å². The summed E-state index contributed by atoms with van der Waals surface area (Å²) in [7, 11) is 2.32. The van der Waals surface area contributed by atoms with Crippen LogP contribution in [0.3, 0.4) is 0 Å². The van der Waals surface area contributed by atoms with Crippen LogP contribution >= 0.6 is 0 Å². The number of fused-ring (bicyclic) bond motifs is 3. The highest BCUT2D eigenvalue weighted by Gasteiger charge is 2.48. The molecule has 0 bridgehead atoms. The van der Waals surface area contributed by atoms with E-state index in [9.17, 15) is 9.18 Å². The Balaban J connectivity index is 0.00000210. The van der Waals surface area contributed by atoms with Gasteiger partial charge in [-0.05, 0) is 49.7 Å². The minimum absolute atomic E-state index is 0. The molecule has 0 spiro atoms. The number of aryl methyl sites for hydroxylation is 1. The molecule has 0 saturated carbocycles. The van der Waals surface area contributed by atoms with Crippen molar-refractivity contribution >= 4 is 11.6 Å². The van der Waals surface area contributed by atoms with E-state index in [-0.39, 0.29) is 41.7 Å². The second-order valence-corrected chi connectivity index (χ2v) is 8.05. The summed E-state index contributed by atoms with van der Waals surface area (Å²) in [5.74, 6) is 0.0359. The van der Waals surface area contributed by atoms with E-state index >= 15 is 0 Å². The molecule has 0 aromatic heterocycles. The predicted octanol–water partition coefficient (Wildman–Crippen LogP) is 1.12. The first-order chi connectivity index (χ1) is 12.4. The molecule has 1 fully saturated rings. The van der Waals surface area contributed by atoms with Crippen molar-refractivity contribution in [3.63, 3.8) is 0 Å². The van der Waals surface area contributed by atoms with Crippen molar-refractivity contribution in [1.29, 1.82) is 0 Å². The van der Waals surface area contributed by atoms with Gasteiger partial charge in [-0.2, -0.15) is 0 Å². The predicted molar refractivity (Wildman–Crippen MR) is 102 cm³/mol. The maximum Gasteiger partial charge on any atom is 0.258 e. The molecule has 27 heavy (non-hydrogen) atoms. The standard InChI is InChI=1S/C22H26FN2O.HI/c1-4-25(3)12-11-21-19(14-25)18-13-15(2)5-10-20(18)24(21)22(26)16-6-8-17(23)9-7-16;/h5-10,13,19,21H,4,11-12,14H2,1-3H3;1H/q+1;/p-1. The van der Waals surface area contributed by atoms with Gasteiger partial charge in [0.25, 0.3) is 5.91 Å². The fourth-order valence-corrected chi connectivity index (χ4v) is 4.60. The zero-order valence-electron chi connectivity index (χ0n) is 16.1. The van der Waals surface area contributed by atoms with E-state index in [4.69, 9.17) is 0 Å². The molecule has 3 unspecified atom stereocenters. The third-order valence-corrected chi connectivity index (χ3v) is 6.31. The van der Waals surface area contributed by atoms with Crippen LogP contribution in [0, 0.1) is 12.7 Å². The Kier molecular flexibility index (Phi) is 5.64. The third-order valence-electron chi connectivity index (χ3n) is 6.31. The Hall–Kier alpha value is -1.47. The molecule has 3 atom stereocenters. The molecule has 0 N–H and O–H groups in total. The first kappa shape index (κ1) is 20.3. The molecule has 2 aromatic carbocycles. The van der Waals surface area contributed by atoms with Crippen molar-refractivity contribution < 1.29 is 37.6 Å². The van der Waals surface area contributed by atoms with Crippen LogP contribution in [-0.2, 0) is 0 Å². The van der Waals surface area contributed by atoms with Gasteiger partial charge in [0, 0.05) is 17.7 Å². The lowest BCUT2D eigenvalue weighted by atomic mass is 9.87. The van der Waals surface area contributed by atoms with Crippen LogP contribution in [-0.4, -0.2) is 43.1 Å². The van der Waals surface area contributed by atoms with Crippen LogP contribution in [0.1, 0.15) is 40.7 Å². The van der Waals surface area contributed by atoms with Crippen LogP contribution in [0.2, 0.25) is 0 Å². The maximum absolute atomic E-state index is 13.3. The summed E-state index contributed by atoms with van der Waals surface area (Å²) in [5, 5.41) is 0. The van der Waals surface area contributed by atoms with Gasteiger partial charge in [-0.1, -0.05) is 17.7 Å². The number of amides is 1. The highest BCUT2D eigenvalue weighted by Crippen LogP contribution is 2.46. The molecule has 144 valence electrons. The Morgan fingerprint density at radius 3 is 2.59 bits per heavy atom. The number of benzene rings is 2. The Bertz CT molecular complexity index is 854. The number of halogens is 2. The van der Waals surface area contributed by atoms with E-state index in [1.807, 2.05) is 4.90 Å². The Morgan fingerprint density at radius 2 is 1.93 bits per heavy atom. The zero-order valence-corrected chi connectivity index (χ0v) is 18.2. The normalized spacial score (nSPS) is 26.1. The number of carbonyl (C=O) groups excluding carboxylic acids is 1. The van der Waals surface area contributed by atoms with E-state index < -0.39 is 0 Å². The molecule has 0 radical (unpaired) electrons. The molecule has 5 heteroatoms. The average Bonchev–Trinajstić information content (AvgIpc) is 2.94. The highest BCUT2D eigenvalue weighted by atomic mass is 127. The first-order valence-corrected chi connectivity index (χ1v) is 9.45. The number of hydrogen-bond acceptors (Lipinski definition) is 1. The molecular weight excluding hydrogens is 454 g/mol. The average molecular weight is 480 g/mol. The molecule has 0 aliphatic carbocycles. The summed E-state index contributed by atoms with van der Waals surface area (Å²) >= 11 is 0. The third kappa shape index (κ3) is 3.51. The summed E-state index contributed by atoms with van der Waals surface area (Å²) in [5.41, 5.74) is 4.11. The van der Waals surface area contributed by atoms with Crippen molar-refractivity contribution in [3.8, 4) is 0 Å². The number of rotatable bonds is 2. The lowest BCUT2D eigenvalue weighted by Gasteiger charge is -2.43. The fraction of sp³-hybridized carbons (Fsp3) is 0.409. The minimum atomic E-state index is -0.314. The fourth-order valence-electron chi connectivity index (χ4n) is 4.60. The van der Waals surface area contributed by atoms with Gasteiger partial charge in [0.2, 0.25) is 0 Å². The van der Waals surface area contributed by atoms with E-state index in [0.717, 1.165) is 36.2 Å². The van der Waals surface area contributed by atoms with E-state index in [0.29, 0.717) is 11.5 Å². The summed E-state index contributed by atoms with van der Waals surface area (Å²) < 4.78 is 14.3. The van der Waals surface area contributed by atoms with Gasteiger partial charge in [-0.25, -0.2) is 4.39 Å². The van der Waals surface area contributed by atoms with Gasteiger partial charge in [0.1, 0.15) is 5.82 Å². The number of quaternary nitrogens is 1. The molecule has 4 rings (SSSR count). The second-order valence-electron chi connectivity index (χ2n) is 8.05. The number of hydrogen-bond donors (Lipinski definition) is 0. The van der Waals surface area contributed by atoms with Gasteiger partial charge in [-0.15, -0.1) is 0 Å². The van der Waals surface area contributed by atoms with E-state index in [1.54, 1.807) is 12.1 Å². The molecule has 2 aromatic rings. The van der Waals surface area contributed by atoms with Crippen LogP contribution < -0.4 is 28.9 Å². The van der Waals surface area contributed by atoms with Crippen molar-refractivity contribution in [2.75, 3.05) is 31.6 Å². The number of carbonyl (C=O) groups is 1. The van der Waals surface area contributed by atoms with Crippen molar-refractivity contribution in [1.82, 2.24) is 0 Å². The SMILES string of the molecule is CC[N+]1(C)CCC2C(C1)c1cc(C)ccc1N2C(=O)c1ccc(F)cc1.[I-]. The lowest BCUT2D eigenvalue weighted by Crippen LogP contribution is -3.00.